The first-order valence-corrected chi connectivity index (χ1v) is 8.78. The summed E-state index contributed by atoms with van der Waals surface area (Å²) in [6, 6.07) is 15.1. The standard InChI is InChI=1S/C22H18N2O3/c1-2-14-23-18(13-12-15-8-4-3-5-9-15)19(22(23)27)24-20(25)16-10-6-7-11-17(16)21(24)26/h2-14,18-19H,1H3/b13-12+,14-2+/t18-,19+/m0/s1. The van der Waals surface area contributed by atoms with E-state index in [1.165, 1.54) is 0 Å². The fourth-order valence-corrected chi connectivity index (χ4v) is 3.54. The third-order valence-electron chi connectivity index (χ3n) is 4.85. The highest BCUT2D eigenvalue weighted by molar-refractivity contribution is 6.23. The first-order chi connectivity index (χ1) is 13.1. The van der Waals surface area contributed by atoms with Crippen molar-refractivity contribution in [1.82, 2.24) is 9.80 Å². The third kappa shape index (κ3) is 2.68. The highest BCUT2D eigenvalue weighted by Crippen LogP contribution is 2.33. The smallest absolute Gasteiger partial charge is 0.262 e. The van der Waals surface area contributed by atoms with Crippen LogP contribution < -0.4 is 0 Å². The number of β-lactam (4-membered cyclic amide) rings is 1. The van der Waals surface area contributed by atoms with E-state index in [9.17, 15) is 14.4 Å². The monoisotopic (exact) mass is 358 g/mol. The Morgan fingerprint density at radius 3 is 2.04 bits per heavy atom. The number of hydrogen-bond acceptors (Lipinski definition) is 3. The van der Waals surface area contributed by atoms with Gasteiger partial charge in [0.25, 0.3) is 17.7 Å². The summed E-state index contributed by atoms with van der Waals surface area (Å²) in [5.74, 6) is -1.08. The predicted octanol–water partition coefficient (Wildman–Crippen LogP) is 3.11. The van der Waals surface area contributed by atoms with E-state index < -0.39 is 23.9 Å². The zero-order valence-corrected chi connectivity index (χ0v) is 14.8. The number of carbonyl (C=O) groups is 3. The molecule has 3 amide bonds. The number of rotatable bonds is 4. The number of benzene rings is 2. The fraction of sp³-hybridized carbons (Fsp3) is 0.136. The lowest BCUT2D eigenvalue weighted by atomic mass is 9.92. The largest absolute Gasteiger partial charge is 0.308 e. The molecule has 0 radical (unpaired) electrons. The van der Waals surface area contributed by atoms with Crippen molar-refractivity contribution in [3.63, 3.8) is 0 Å². The number of allylic oxidation sites excluding steroid dienone is 1. The second-order valence-electron chi connectivity index (χ2n) is 6.46. The van der Waals surface area contributed by atoms with E-state index in [-0.39, 0.29) is 5.91 Å². The number of carbonyl (C=O) groups excluding carboxylic acids is 3. The van der Waals surface area contributed by atoms with Gasteiger partial charge in [0, 0.05) is 6.20 Å². The minimum Gasteiger partial charge on any atom is -0.308 e. The normalized spacial score (nSPS) is 22.0. The van der Waals surface area contributed by atoms with Crippen molar-refractivity contribution in [3.8, 4) is 0 Å². The summed E-state index contributed by atoms with van der Waals surface area (Å²) in [5.41, 5.74) is 1.69. The van der Waals surface area contributed by atoms with Crippen LogP contribution in [0.5, 0.6) is 0 Å². The molecule has 2 atom stereocenters. The molecular weight excluding hydrogens is 340 g/mol. The lowest BCUT2D eigenvalue weighted by molar-refractivity contribution is -0.147. The Kier molecular flexibility index (Phi) is 4.20. The zero-order valence-electron chi connectivity index (χ0n) is 14.8. The first kappa shape index (κ1) is 17.0. The van der Waals surface area contributed by atoms with Crippen molar-refractivity contribution in [3.05, 3.63) is 89.6 Å². The highest BCUT2D eigenvalue weighted by atomic mass is 16.2. The summed E-state index contributed by atoms with van der Waals surface area (Å²) < 4.78 is 0. The molecule has 2 aromatic rings. The van der Waals surface area contributed by atoms with Crippen LogP contribution in [0.4, 0.5) is 0 Å². The Bertz CT molecular complexity index is 943. The van der Waals surface area contributed by atoms with E-state index in [0.29, 0.717) is 11.1 Å². The molecule has 1 saturated heterocycles. The van der Waals surface area contributed by atoms with Gasteiger partial charge in [-0.05, 0) is 24.6 Å². The molecule has 0 aromatic heterocycles. The number of hydrogen-bond donors (Lipinski definition) is 0. The maximum Gasteiger partial charge on any atom is 0.262 e. The molecule has 0 unspecified atom stereocenters. The Morgan fingerprint density at radius 1 is 0.852 bits per heavy atom. The Morgan fingerprint density at radius 2 is 1.44 bits per heavy atom. The predicted molar refractivity (Wildman–Crippen MR) is 102 cm³/mol. The van der Waals surface area contributed by atoms with E-state index in [2.05, 4.69) is 0 Å². The topological polar surface area (TPSA) is 57.7 Å². The quantitative estimate of drug-likeness (QED) is 0.623. The third-order valence-corrected chi connectivity index (χ3v) is 4.85. The maximum absolute atomic E-state index is 12.8. The van der Waals surface area contributed by atoms with Crippen molar-refractivity contribution in [2.75, 3.05) is 0 Å². The van der Waals surface area contributed by atoms with Crippen LogP contribution in [0.2, 0.25) is 0 Å². The lowest BCUT2D eigenvalue weighted by Gasteiger charge is -2.46. The molecule has 0 spiro atoms. The number of imide groups is 1. The van der Waals surface area contributed by atoms with Gasteiger partial charge in [-0.15, -0.1) is 0 Å². The van der Waals surface area contributed by atoms with E-state index >= 15 is 0 Å². The second-order valence-corrected chi connectivity index (χ2v) is 6.46. The van der Waals surface area contributed by atoms with Gasteiger partial charge >= 0.3 is 0 Å². The van der Waals surface area contributed by atoms with Crippen LogP contribution in [0.1, 0.15) is 33.2 Å². The maximum atomic E-state index is 12.8. The molecule has 0 bridgehead atoms. The van der Waals surface area contributed by atoms with Gasteiger partial charge in [-0.2, -0.15) is 0 Å². The molecule has 27 heavy (non-hydrogen) atoms. The van der Waals surface area contributed by atoms with Crippen LogP contribution in [-0.4, -0.2) is 39.6 Å². The molecule has 0 N–H and O–H groups in total. The molecule has 5 nitrogen and oxygen atoms in total. The van der Waals surface area contributed by atoms with Gasteiger partial charge in [0.2, 0.25) is 0 Å². The average Bonchev–Trinajstić information content (AvgIpc) is 2.95. The van der Waals surface area contributed by atoms with Gasteiger partial charge < -0.3 is 4.90 Å². The minimum atomic E-state index is -0.825. The summed E-state index contributed by atoms with van der Waals surface area (Å²) in [6.07, 6.45) is 7.21. The van der Waals surface area contributed by atoms with Crippen LogP contribution in [0.25, 0.3) is 6.08 Å². The molecule has 0 saturated carbocycles. The van der Waals surface area contributed by atoms with Gasteiger partial charge in [0.15, 0.2) is 0 Å². The summed E-state index contributed by atoms with van der Waals surface area (Å²) >= 11 is 0. The molecule has 2 heterocycles. The van der Waals surface area contributed by atoms with E-state index in [0.717, 1.165) is 10.5 Å². The summed E-state index contributed by atoms with van der Waals surface area (Å²) in [5, 5.41) is 0. The van der Waals surface area contributed by atoms with Crippen LogP contribution >= 0.6 is 0 Å². The van der Waals surface area contributed by atoms with Gasteiger partial charge in [-0.1, -0.05) is 60.7 Å². The number of likely N-dealkylation sites (tertiary alicyclic amines) is 1. The van der Waals surface area contributed by atoms with Gasteiger partial charge in [0.05, 0.1) is 17.2 Å². The Labute approximate surface area is 157 Å². The lowest BCUT2D eigenvalue weighted by Crippen LogP contribution is -2.69. The Balaban J connectivity index is 1.67. The van der Waals surface area contributed by atoms with Crippen molar-refractivity contribution in [1.29, 1.82) is 0 Å². The van der Waals surface area contributed by atoms with E-state index in [1.54, 1.807) is 41.4 Å². The molecular formula is C22H18N2O3. The minimum absolute atomic E-state index is 0.259. The van der Waals surface area contributed by atoms with Crippen molar-refractivity contribution < 1.29 is 14.4 Å². The summed E-state index contributed by atoms with van der Waals surface area (Å²) in [6.45, 7) is 1.82. The number of amides is 3. The fourth-order valence-electron chi connectivity index (χ4n) is 3.54. The van der Waals surface area contributed by atoms with Gasteiger partial charge in [-0.25, -0.2) is 0 Å². The number of fused-ring (bicyclic) bond motifs is 1. The highest BCUT2D eigenvalue weighted by Gasteiger charge is 2.54. The SMILES string of the molecule is C/C=C/N1C(=O)[C@H](N2C(=O)c3ccccc3C2=O)[C@@H]1/C=C/c1ccccc1. The summed E-state index contributed by atoms with van der Waals surface area (Å²) in [4.78, 5) is 40.9. The van der Waals surface area contributed by atoms with Crippen molar-refractivity contribution >= 4 is 23.8 Å². The van der Waals surface area contributed by atoms with Crippen molar-refractivity contribution in [2.45, 2.75) is 19.0 Å². The summed E-state index contributed by atoms with van der Waals surface area (Å²) in [7, 11) is 0. The molecule has 4 rings (SSSR count). The molecule has 2 aliphatic heterocycles. The molecule has 1 fully saturated rings. The second kappa shape index (κ2) is 6.68. The Hall–Kier alpha value is -3.47. The van der Waals surface area contributed by atoms with Crippen LogP contribution in [-0.2, 0) is 4.79 Å². The molecule has 134 valence electrons. The van der Waals surface area contributed by atoms with Crippen LogP contribution in [0.15, 0.2) is 72.9 Å². The number of nitrogens with zero attached hydrogens (tertiary/aromatic N) is 2. The molecule has 5 heteroatoms. The van der Waals surface area contributed by atoms with Crippen LogP contribution in [0, 0.1) is 0 Å². The van der Waals surface area contributed by atoms with E-state index in [1.807, 2.05) is 49.4 Å². The molecule has 2 aromatic carbocycles. The van der Waals surface area contributed by atoms with Crippen LogP contribution in [0.3, 0.4) is 0 Å². The van der Waals surface area contributed by atoms with Gasteiger partial charge in [-0.3, -0.25) is 19.3 Å². The molecule has 0 aliphatic carbocycles. The van der Waals surface area contributed by atoms with Gasteiger partial charge in [0.1, 0.15) is 6.04 Å². The van der Waals surface area contributed by atoms with E-state index in [4.69, 9.17) is 0 Å². The average molecular weight is 358 g/mol. The van der Waals surface area contributed by atoms with Crippen molar-refractivity contribution in [2.24, 2.45) is 0 Å². The molecule has 2 aliphatic rings. The first-order valence-electron chi connectivity index (χ1n) is 8.78. The zero-order chi connectivity index (χ0) is 19.0.